The van der Waals surface area contributed by atoms with E-state index in [2.05, 4.69) is 0 Å². The monoisotopic (exact) mass is 205 g/mol. The molecule has 2 heterocycles. The number of hydrogen-bond donors (Lipinski definition) is 1. The first-order valence-corrected chi connectivity index (χ1v) is 5.82. The van der Waals surface area contributed by atoms with Crippen LogP contribution in [-0.4, -0.2) is 33.3 Å². The molecule has 74 valence electrons. The van der Waals surface area contributed by atoms with Crippen LogP contribution in [0, 0.1) is 5.41 Å². The van der Waals surface area contributed by atoms with Crippen molar-refractivity contribution < 1.29 is 17.9 Å². The molecule has 0 aromatic heterocycles. The van der Waals surface area contributed by atoms with Crippen molar-refractivity contribution in [2.75, 3.05) is 19.0 Å². The smallest absolute Gasteiger partial charge is 0.240 e. The van der Waals surface area contributed by atoms with Gasteiger partial charge in [-0.25, -0.2) is 8.42 Å². The third-order valence-electron chi connectivity index (χ3n) is 2.65. The molecule has 2 rings (SSSR count). The van der Waals surface area contributed by atoms with E-state index in [1.807, 2.05) is 4.72 Å². The average molecular weight is 205 g/mol. The molecule has 0 aromatic carbocycles. The van der Waals surface area contributed by atoms with Gasteiger partial charge in [-0.1, -0.05) is 0 Å². The molecule has 2 aliphatic heterocycles. The molecule has 0 unspecified atom stereocenters. The Morgan fingerprint density at radius 1 is 1.31 bits per heavy atom. The van der Waals surface area contributed by atoms with Gasteiger partial charge in [-0.3, -0.25) is 9.52 Å². The molecule has 0 radical (unpaired) electrons. The van der Waals surface area contributed by atoms with Gasteiger partial charge < -0.3 is 4.74 Å². The highest BCUT2D eigenvalue weighted by Gasteiger charge is 2.50. The Morgan fingerprint density at radius 3 is 2.38 bits per heavy atom. The molecule has 0 saturated carbocycles. The van der Waals surface area contributed by atoms with Crippen LogP contribution in [0.4, 0.5) is 0 Å². The lowest BCUT2D eigenvalue weighted by atomic mass is 9.82. The van der Waals surface area contributed by atoms with Gasteiger partial charge in [0.05, 0.1) is 11.2 Å². The predicted octanol–water partition coefficient (Wildman–Crippen LogP) is -0.757. The number of nitrogens with one attached hydrogen (secondary N) is 1. The summed E-state index contributed by atoms with van der Waals surface area (Å²) in [7, 11) is -3.36. The third kappa shape index (κ3) is 1.44. The van der Waals surface area contributed by atoms with Crippen molar-refractivity contribution in [3.8, 4) is 0 Å². The van der Waals surface area contributed by atoms with Gasteiger partial charge in [0.15, 0.2) is 0 Å². The molecule has 13 heavy (non-hydrogen) atoms. The maximum absolute atomic E-state index is 11.4. The predicted molar refractivity (Wildman–Crippen MR) is 44.4 cm³/mol. The second kappa shape index (κ2) is 2.68. The molecule has 0 atom stereocenters. The Kier molecular flexibility index (Phi) is 1.85. The lowest BCUT2D eigenvalue weighted by molar-refractivity contribution is -0.131. The molecule has 1 spiro atoms. The summed E-state index contributed by atoms with van der Waals surface area (Å²) < 4.78 is 29.4. The summed E-state index contributed by atoms with van der Waals surface area (Å²) in [6, 6.07) is 0. The quantitative estimate of drug-likeness (QED) is 0.564. The molecule has 1 amide bonds. The number of rotatable bonds is 0. The fraction of sp³-hybridized carbons (Fsp3) is 0.857. The van der Waals surface area contributed by atoms with Gasteiger partial charge in [0.2, 0.25) is 15.9 Å². The Bertz CT molecular complexity index is 328. The molecule has 0 aliphatic carbocycles. The number of amides is 1. The molecule has 5 nitrogen and oxygen atoms in total. The summed E-state index contributed by atoms with van der Waals surface area (Å²) in [5.74, 6) is -0.418. The normalized spacial score (nSPS) is 30.3. The zero-order valence-corrected chi connectivity index (χ0v) is 7.89. The summed E-state index contributed by atoms with van der Waals surface area (Å²) >= 11 is 0. The van der Waals surface area contributed by atoms with E-state index in [0.717, 1.165) is 0 Å². The highest BCUT2D eigenvalue weighted by Crippen LogP contribution is 2.35. The van der Waals surface area contributed by atoms with Crippen molar-refractivity contribution in [1.82, 2.24) is 4.72 Å². The number of ether oxygens (including phenoxy) is 1. The summed E-state index contributed by atoms with van der Waals surface area (Å²) in [6.07, 6.45) is 1.02. The van der Waals surface area contributed by atoms with Crippen LogP contribution in [0.3, 0.4) is 0 Å². The maximum Gasteiger partial charge on any atom is 0.240 e. The first-order chi connectivity index (χ1) is 6.04. The van der Waals surface area contributed by atoms with Gasteiger partial charge in [-0.05, 0) is 12.8 Å². The maximum atomic E-state index is 11.4. The first-order valence-electron chi connectivity index (χ1n) is 4.17. The van der Waals surface area contributed by atoms with E-state index in [0.29, 0.717) is 26.1 Å². The zero-order valence-electron chi connectivity index (χ0n) is 7.08. The van der Waals surface area contributed by atoms with Gasteiger partial charge in [-0.2, -0.15) is 0 Å². The largest absolute Gasteiger partial charge is 0.381 e. The summed E-state index contributed by atoms with van der Waals surface area (Å²) in [5.41, 5.74) is -0.697. The topological polar surface area (TPSA) is 72.5 Å². The average Bonchev–Trinajstić information content (AvgIpc) is 2.23. The summed E-state index contributed by atoms with van der Waals surface area (Å²) in [6.45, 7) is 0.950. The fourth-order valence-corrected chi connectivity index (χ4v) is 3.57. The van der Waals surface area contributed by atoms with Crippen LogP contribution in [0.25, 0.3) is 0 Å². The van der Waals surface area contributed by atoms with E-state index < -0.39 is 15.4 Å². The number of sulfonamides is 1. The molecular formula is C7H11NO4S. The van der Waals surface area contributed by atoms with Gasteiger partial charge in [0.25, 0.3) is 0 Å². The molecular weight excluding hydrogens is 194 g/mol. The minimum absolute atomic E-state index is 0.0673. The highest BCUT2D eigenvalue weighted by molar-refractivity contribution is 7.90. The Labute approximate surface area is 76.5 Å². The van der Waals surface area contributed by atoms with Crippen LogP contribution in [0.5, 0.6) is 0 Å². The number of hydrogen-bond acceptors (Lipinski definition) is 4. The second-order valence-corrected chi connectivity index (χ2v) is 5.31. The van der Waals surface area contributed by atoms with Crippen molar-refractivity contribution in [2.24, 2.45) is 5.41 Å². The van der Waals surface area contributed by atoms with Crippen LogP contribution in [-0.2, 0) is 19.6 Å². The SMILES string of the molecule is O=C1NS(=O)(=O)CC12CCOCC2. The van der Waals surface area contributed by atoms with Gasteiger partial charge in [-0.15, -0.1) is 0 Å². The molecule has 6 heteroatoms. The number of carbonyl (C=O) groups is 1. The van der Waals surface area contributed by atoms with Crippen molar-refractivity contribution >= 4 is 15.9 Å². The standard InChI is InChI=1S/C7H11NO4S/c9-6-7(1-3-12-4-2-7)5-13(10,11)8-6/h1-5H2,(H,8,9). The van der Waals surface area contributed by atoms with Gasteiger partial charge in [0, 0.05) is 13.2 Å². The van der Waals surface area contributed by atoms with E-state index in [9.17, 15) is 13.2 Å². The highest BCUT2D eigenvalue weighted by atomic mass is 32.2. The zero-order chi connectivity index (χ0) is 9.53. The Balaban J connectivity index is 2.28. The number of carbonyl (C=O) groups excluding carboxylic acids is 1. The summed E-state index contributed by atoms with van der Waals surface area (Å²) in [5, 5.41) is 0. The van der Waals surface area contributed by atoms with Crippen molar-refractivity contribution in [3.05, 3.63) is 0 Å². The second-order valence-electron chi connectivity index (χ2n) is 3.58. The van der Waals surface area contributed by atoms with Crippen molar-refractivity contribution in [2.45, 2.75) is 12.8 Å². The lowest BCUT2D eigenvalue weighted by Crippen LogP contribution is -2.38. The van der Waals surface area contributed by atoms with Crippen LogP contribution in [0.1, 0.15) is 12.8 Å². The van der Waals surface area contributed by atoms with Crippen LogP contribution in [0.2, 0.25) is 0 Å². The van der Waals surface area contributed by atoms with E-state index in [1.54, 1.807) is 0 Å². The summed E-state index contributed by atoms with van der Waals surface area (Å²) in [4.78, 5) is 11.4. The first kappa shape index (κ1) is 8.96. The van der Waals surface area contributed by atoms with Crippen LogP contribution >= 0.6 is 0 Å². The van der Waals surface area contributed by atoms with Crippen LogP contribution in [0.15, 0.2) is 0 Å². The van der Waals surface area contributed by atoms with Gasteiger partial charge in [0.1, 0.15) is 0 Å². The Hall–Kier alpha value is -0.620. The molecule has 1 N–H and O–H groups in total. The fourth-order valence-electron chi connectivity index (χ4n) is 1.85. The van der Waals surface area contributed by atoms with Crippen molar-refractivity contribution in [1.29, 1.82) is 0 Å². The lowest BCUT2D eigenvalue weighted by Gasteiger charge is -2.28. The Morgan fingerprint density at radius 2 is 1.92 bits per heavy atom. The van der Waals surface area contributed by atoms with Gasteiger partial charge >= 0.3 is 0 Å². The third-order valence-corrected chi connectivity index (χ3v) is 4.08. The molecule has 2 aliphatic rings. The minimum Gasteiger partial charge on any atom is -0.381 e. The van der Waals surface area contributed by atoms with E-state index in [1.165, 1.54) is 0 Å². The molecule has 2 fully saturated rings. The van der Waals surface area contributed by atoms with Crippen LogP contribution < -0.4 is 4.72 Å². The van der Waals surface area contributed by atoms with E-state index in [-0.39, 0.29) is 11.7 Å². The molecule has 0 aromatic rings. The molecule has 2 saturated heterocycles. The van der Waals surface area contributed by atoms with Crippen molar-refractivity contribution in [3.63, 3.8) is 0 Å². The minimum atomic E-state index is -3.36. The molecule has 0 bridgehead atoms. The van der Waals surface area contributed by atoms with E-state index in [4.69, 9.17) is 4.74 Å². The van der Waals surface area contributed by atoms with E-state index >= 15 is 0 Å².